The molecule has 0 fully saturated rings. The zero-order valence-electron chi connectivity index (χ0n) is 18.2. The van der Waals surface area contributed by atoms with Gasteiger partial charge in [-0.25, -0.2) is 13.1 Å². The van der Waals surface area contributed by atoms with Crippen LogP contribution in [0.25, 0.3) is 0 Å². The third-order valence-corrected chi connectivity index (χ3v) is 8.31. The number of sulfonamides is 1. The van der Waals surface area contributed by atoms with Crippen LogP contribution in [-0.2, 0) is 23.0 Å². The Morgan fingerprint density at radius 1 is 0.941 bits per heavy atom. The molecule has 34 heavy (non-hydrogen) atoms. The van der Waals surface area contributed by atoms with Crippen molar-refractivity contribution in [3.05, 3.63) is 100 Å². The van der Waals surface area contributed by atoms with Gasteiger partial charge in [-0.1, -0.05) is 71.7 Å². The van der Waals surface area contributed by atoms with Crippen molar-refractivity contribution in [2.24, 2.45) is 0 Å². The fourth-order valence-electron chi connectivity index (χ4n) is 3.46. The summed E-state index contributed by atoms with van der Waals surface area (Å²) in [5.74, 6) is 0.536. The molecule has 1 atom stereocenters. The van der Waals surface area contributed by atoms with Gasteiger partial charge in [0.1, 0.15) is 0 Å². The van der Waals surface area contributed by atoms with Crippen molar-refractivity contribution in [1.82, 2.24) is 19.5 Å². The van der Waals surface area contributed by atoms with Gasteiger partial charge in [-0.05, 0) is 61.0 Å². The molecule has 176 valence electrons. The quantitative estimate of drug-likeness (QED) is 0.285. The maximum Gasteiger partial charge on any atom is 0.241 e. The Morgan fingerprint density at radius 2 is 1.62 bits per heavy atom. The van der Waals surface area contributed by atoms with Crippen molar-refractivity contribution in [1.29, 1.82) is 0 Å². The van der Waals surface area contributed by atoms with Crippen molar-refractivity contribution in [3.63, 3.8) is 0 Å². The Hall–Kier alpha value is -2.36. The summed E-state index contributed by atoms with van der Waals surface area (Å²) in [6.07, 6.45) is 0.398. The van der Waals surface area contributed by atoms with Gasteiger partial charge < -0.3 is 4.57 Å². The van der Waals surface area contributed by atoms with Gasteiger partial charge in [0.25, 0.3) is 0 Å². The summed E-state index contributed by atoms with van der Waals surface area (Å²) in [5, 5.41) is 9.93. The molecule has 6 nitrogen and oxygen atoms in total. The van der Waals surface area contributed by atoms with Crippen LogP contribution < -0.4 is 4.72 Å². The van der Waals surface area contributed by atoms with Gasteiger partial charge >= 0.3 is 0 Å². The fourth-order valence-corrected chi connectivity index (χ4v) is 5.96. The smallest absolute Gasteiger partial charge is 0.241 e. The minimum Gasteiger partial charge on any atom is -0.305 e. The third-order valence-electron chi connectivity index (χ3n) is 5.11. The fraction of sp³-hybridized carbons (Fsp3) is 0.167. The third kappa shape index (κ3) is 5.82. The molecule has 0 unspecified atom stereocenters. The van der Waals surface area contributed by atoms with Gasteiger partial charge in [0.2, 0.25) is 10.0 Å². The minimum absolute atomic E-state index is 0.0291. The molecule has 0 aliphatic carbocycles. The molecule has 0 aliphatic rings. The molecule has 1 heterocycles. The van der Waals surface area contributed by atoms with E-state index in [9.17, 15) is 8.42 Å². The van der Waals surface area contributed by atoms with E-state index in [2.05, 4.69) is 14.9 Å². The standard InChI is InChI=1S/C24H22Cl2N4O2S2/c1-2-30-23(27-28-24(30)33-18-11-7-4-8-12-18)22(15-17-9-5-3-6-10-17)29-34(31,32)19-13-14-20(25)21(26)16-19/h3-14,16,22,29H,2,15H2,1H3/t22-/m1/s1. The molecule has 0 aliphatic heterocycles. The van der Waals surface area contributed by atoms with Gasteiger partial charge in [-0.3, -0.25) is 0 Å². The van der Waals surface area contributed by atoms with E-state index in [1.807, 2.05) is 72.2 Å². The highest BCUT2D eigenvalue weighted by atomic mass is 35.5. The highest BCUT2D eigenvalue weighted by Gasteiger charge is 2.27. The molecule has 0 saturated carbocycles. The number of nitrogens with zero attached hydrogens (tertiary/aromatic N) is 3. The van der Waals surface area contributed by atoms with Crippen LogP contribution in [-0.4, -0.2) is 23.2 Å². The van der Waals surface area contributed by atoms with Crippen LogP contribution in [0.15, 0.2) is 93.8 Å². The molecule has 4 rings (SSSR count). The van der Waals surface area contributed by atoms with E-state index in [0.29, 0.717) is 23.9 Å². The van der Waals surface area contributed by atoms with Crippen molar-refractivity contribution in [2.75, 3.05) is 0 Å². The van der Waals surface area contributed by atoms with Crippen LogP contribution in [0.5, 0.6) is 0 Å². The number of halogens is 2. The van der Waals surface area contributed by atoms with Gasteiger partial charge in [-0.2, -0.15) is 0 Å². The minimum atomic E-state index is -3.92. The molecular formula is C24H22Cl2N4O2S2. The van der Waals surface area contributed by atoms with E-state index in [1.54, 1.807) is 0 Å². The van der Waals surface area contributed by atoms with Crippen molar-refractivity contribution in [3.8, 4) is 0 Å². The predicted molar refractivity (Wildman–Crippen MR) is 136 cm³/mol. The van der Waals surface area contributed by atoms with Crippen LogP contribution in [0.4, 0.5) is 0 Å². The molecule has 1 N–H and O–H groups in total. The lowest BCUT2D eigenvalue weighted by Crippen LogP contribution is -2.32. The SMILES string of the molecule is CCn1c(Sc2ccccc2)nnc1[C@@H](Cc1ccccc1)NS(=O)(=O)c1ccc(Cl)c(Cl)c1. The summed E-state index contributed by atoms with van der Waals surface area (Å²) in [7, 11) is -3.92. The summed E-state index contributed by atoms with van der Waals surface area (Å²) in [5.41, 5.74) is 0.965. The van der Waals surface area contributed by atoms with E-state index >= 15 is 0 Å². The number of rotatable bonds is 9. The Morgan fingerprint density at radius 3 is 2.26 bits per heavy atom. The maximum absolute atomic E-state index is 13.3. The molecule has 4 aromatic rings. The molecule has 0 saturated heterocycles. The van der Waals surface area contributed by atoms with Crippen LogP contribution in [0.2, 0.25) is 10.0 Å². The first kappa shape index (κ1) is 24.8. The average molecular weight is 534 g/mol. The molecule has 0 bridgehead atoms. The van der Waals surface area contributed by atoms with E-state index in [4.69, 9.17) is 23.2 Å². The van der Waals surface area contributed by atoms with E-state index in [1.165, 1.54) is 30.0 Å². The number of hydrogen-bond donors (Lipinski definition) is 1. The molecule has 0 spiro atoms. The normalized spacial score (nSPS) is 12.6. The molecule has 3 aromatic carbocycles. The number of benzene rings is 3. The number of nitrogens with one attached hydrogen (secondary N) is 1. The molecule has 1 aromatic heterocycles. The van der Waals surface area contributed by atoms with Gasteiger partial charge in [0, 0.05) is 11.4 Å². The van der Waals surface area contributed by atoms with Crippen LogP contribution in [0, 0.1) is 0 Å². The molecule has 10 heteroatoms. The molecular weight excluding hydrogens is 511 g/mol. The lowest BCUT2D eigenvalue weighted by molar-refractivity contribution is 0.517. The predicted octanol–water partition coefficient (Wildman–Crippen LogP) is 6.02. The summed E-state index contributed by atoms with van der Waals surface area (Å²) < 4.78 is 31.3. The van der Waals surface area contributed by atoms with Gasteiger partial charge in [0.15, 0.2) is 11.0 Å². The zero-order chi connectivity index (χ0) is 24.1. The van der Waals surface area contributed by atoms with Crippen LogP contribution >= 0.6 is 35.0 Å². The summed E-state index contributed by atoms with van der Waals surface area (Å²) in [4.78, 5) is 1.05. The lowest BCUT2D eigenvalue weighted by Gasteiger charge is -2.20. The second-order valence-corrected chi connectivity index (χ2v) is 11.0. The number of aromatic nitrogens is 3. The summed E-state index contributed by atoms with van der Waals surface area (Å²) in [6.45, 7) is 2.56. The largest absolute Gasteiger partial charge is 0.305 e. The van der Waals surface area contributed by atoms with E-state index in [0.717, 1.165) is 10.5 Å². The summed E-state index contributed by atoms with van der Waals surface area (Å²) in [6, 6.07) is 23.1. The van der Waals surface area contributed by atoms with Crippen molar-refractivity contribution >= 4 is 45.0 Å². The Bertz CT molecular complexity index is 1360. The van der Waals surface area contributed by atoms with Crippen LogP contribution in [0.3, 0.4) is 0 Å². The van der Waals surface area contributed by atoms with Crippen molar-refractivity contribution in [2.45, 2.75) is 40.9 Å². The van der Waals surface area contributed by atoms with Gasteiger partial charge in [0.05, 0.1) is 21.0 Å². The zero-order valence-corrected chi connectivity index (χ0v) is 21.4. The Kier molecular flexibility index (Phi) is 7.95. The van der Waals surface area contributed by atoms with Gasteiger partial charge in [-0.15, -0.1) is 10.2 Å². The first-order chi connectivity index (χ1) is 16.4. The van der Waals surface area contributed by atoms with Crippen LogP contribution in [0.1, 0.15) is 24.4 Å². The van der Waals surface area contributed by atoms with E-state index < -0.39 is 16.1 Å². The first-order valence-corrected chi connectivity index (χ1v) is 13.6. The maximum atomic E-state index is 13.3. The second kappa shape index (κ2) is 10.9. The molecule has 0 radical (unpaired) electrons. The first-order valence-electron chi connectivity index (χ1n) is 10.5. The number of hydrogen-bond acceptors (Lipinski definition) is 5. The monoisotopic (exact) mass is 532 g/mol. The highest BCUT2D eigenvalue weighted by molar-refractivity contribution is 7.99. The molecule has 0 amide bonds. The Labute approximate surface area is 213 Å². The van der Waals surface area contributed by atoms with E-state index in [-0.39, 0.29) is 14.9 Å². The topological polar surface area (TPSA) is 76.9 Å². The average Bonchev–Trinajstić information content (AvgIpc) is 3.24. The van der Waals surface area contributed by atoms with Crippen molar-refractivity contribution < 1.29 is 8.42 Å². The second-order valence-electron chi connectivity index (χ2n) is 7.44. The highest BCUT2D eigenvalue weighted by Crippen LogP contribution is 2.30. The lowest BCUT2D eigenvalue weighted by atomic mass is 10.1. The summed E-state index contributed by atoms with van der Waals surface area (Å²) >= 11 is 13.5. The Balaban J connectivity index is 1.71.